The van der Waals surface area contributed by atoms with E-state index in [4.69, 9.17) is 16.3 Å². The van der Waals surface area contributed by atoms with Gasteiger partial charge in [-0.3, -0.25) is 4.79 Å². The van der Waals surface area contributed by atoms with Crippen LogP contribution in [0.2, 0.25) is 5.02 Å². The average Bonchev–Trinajstić information content (AvgIpc) is 2.74. The van der Waals surface area contributed by atoms with E-state index in [2.05, 4.69) is 5.32 Å². The number of aryl methyl sites for hydroxylation is 2. The van der Waals surface area contributed by atoms with E-state index >= 15 is 0 Å². The number of benzene rings is 3. The summed E-state index contributed by atoms with van der Waals surface area (Å²) in [5, 5.41) is 13.0. The smallest absolute Gasteiger partial charge is 0.266 e. The molecule has 0 saturated carbocycles. The van der Waals surface area contributed by atoms with E-state index in [9.17, 15) is 10.1 Å². The second-order valence-electron chi connectivity index (χ2n) is 6.88. The average molecular weight is 417 g/mol. The number of carbonyl (C=O) groups is 1. The van der Waals surface area contributed by atoms with Crippen molar-refractivity contribution >= 4 is 29.3 Å². The first-order valence-electron chi connectivity index (χ1n) is 9.43. The van der Waals surface area contributed by atoms with Crippen molar-refractivity contribution in [3.63, 3.8) is 0 Å². The maximum atomic E-state index is 12.6. The quantitative estimate of drug-likeness (QED) is 0.391. The van der Waals surface area contributed by atoms with Gasteiger partial charge in [-0.25, -0.2) is 0 Å². The zero-order chi connectivity index (χ0) is 21.5. The highest BCUT2D eigenvalue weighted by molar-refractivity contribution is 6.30. The molecule has 0 aromatic heterocycles. The number of rotatable bonds is 6. The van der Waals surface area contributed by atoms with Crippen LogP contribution in [-0.2, 0) is 11.4 Å². The highest BCUT2D eigenvalue weighted by Crippen LogP contribution is 2.21. The van der Waals surface area contributed by atoms with Gasteiger partial charge < -0.3 is 10.1 Å². The van der Waals surface area contributed by atoms with Crippen LogP contribution >= 0.6 is 11.6 Å². The molecule has 0 aliphatic heterocycles. The van der Waals surface area contributed by atoms with Crippen LogP contribution in [0.4, 0.5) is 5.69 Å². The Hall–Kier alpha value is -3.55. The van der Waals surface area contributed by atoms with Gasteiger partial charge in [-0.2, -0.15) is 5.26 Å². The van der Waals surface area contributed by atoms with Gasteiger partial charge in [-0.1, -0.05) is 54.1 Å². The van der Waals surface area contributed by atoms with E-state index in [1.165, 1.54) is 0 Å². The number of carbonyl (C=O) groups excluding carboxylic acids is 1. The molecule has 0 heterocycles. The molecule has 150 valence electrons. The Bertz CT molecular complexity index is 1110. The van der Waals surface area contributed by atoms with Crippen LogP contribution < -0.4 is 10.1 Å². The van der Waals surface area contributed by atoms with Crippen LogP contribution in [0.1, 0.15) is 22.3 Å². The summed E-state index contributed by atoms with van der Waals surface area (Å²) in [5.74, 6) is 0.252. The normalized spacial score (nSPS) is 10.9. The molecule has 0 aliphatic rings. The van der Waals surface area contributed by atoms with Crippen LogP contribution in [0, 0.1) is 25.2 Å². The van der Waals surface area contributed by atoms with Gasteiger partial charge in [0.15, 0.2) is 0 Å². The topological polar surface area (TPSA) is 62.1 Å². The Balaban J connectivity index is 1.68. The van der Waals surface area contributed by atoms with Crippen LogP contribution in [0.25, 0.3) is 6.08 Å². The van der Waals surface area contributed by atoms with Crippen molar-refractivity contribution in [2.75, 3.05) is 5.32 Å². The number of para-hydroxylation sites is 1. The van der Waals surface area contributed by atoms with Gasteiger partial charge in [0.1, 0.15) is 24.0 Å². The molecular weight excluding hydrogens is 396 g/mol. The molecule has 1 N–H and O–H groups in total. The Kier molecular flexibility index (Phi) is 6.90. The first kappa shape index (κ1) is 21.2. The van der Waals surface area contributed by atoms with Gasteiger partial charge in [0, 0.05) is 10.7 Å². The van der Waals surface area contributed by atoms with E-state index in [-0.39, 0.29) is 5.57 Å². The SMILES string of the molecule is Cc1cccc(C)c1NC(=O)C(C#N)=Cc1ccc(OCc2cccc(Cl)c2)cc1. The fourth-order valence-corrected chi connectivity index (χ4v) is 3.17. The van der Waals surface area contributed by atoms with E-state index in [1.807, 2.05) is 62.4 Å². The van der Waals surface area contributed by atoms with Crippen molar-refractivity contribution in [2.24, 2.45) is 0 Å². The lowest BCUT2D eigenvalue weighted by Crippen LogP contribution is -2.15. The number of ether oxygens (including phenoxy) is 1. The van der Waals surface area contributed by atoms with Gasteiger partial charge in [-0.15, -0.1) is 0 Å². The largest absolute Gasteiger partial charge is 0.489 e. The molecule has 0 saturated heterocycles. The third-order valence-corrected chi connectivity index (χ3v) is 4.81. The maximum Gasteiger partial charge on any atom is 0.266 e. The number of nitrogens with one attached hydrogen (secondary N) is 1. The Labute approximate surface area is 181 Å². The Morgan fingerprint density at radius 1 is 1.07 bits per heavy atom. The molecule has 0 aliphatic carbocycles. The third kappa shape index (κ3) is 5.50. The summed E-state index contributed by atoms with van der Waals surface area (Å²) in [4.78, 5) is 12.6. The predicted molar refractivity (Wildman–Crippen MR) is 120 cm³/mol. The standard InChI is InChI=1S/C25H21ClN2O2/c1-17-5-3-6-18(2)24(17)28-25(29)21(15-27)13-19-9-11-23(12-10-19)30-16-20-7-4-8-22(26)14-20/h3-14H,16H2,1-2H3,(H,28,29). The van der Waals surface area contributed by atoms with Gasteiger partial charge in [0.25, 0.3) is 5.91 Å². The van der Waals surface area contributed by atoms with Crippen LogP contribution in [0.3, 0.4) is 0 Å². The number of nitrogens with zero attached hydrogens (tertiary/aromatic N) is 1. The molecule has 30 heavy (non-hydrogen) atoms. The van der Waals surface area contributed by atoms with Crippen molar-refractivity contribution in [2.45, 2.75) is 20.5 Å². The van der Waals surface area contributed by atoms with E-state index in [1.54, 1.807) is 30.3 Å². The fraction of sp³-hybridized carbons (Fsp3) is 0.120. The molecule has 0 bridgehead atoms. The number of hydrogen-bond acceptors (Lipinski definition) is 3. The number of anilines is 1. The molecular formula is C25H21ClN2O2. The minimum absolute atomic E-state index is 0.0326. The lowest BCUT2D eigenvalue weighted by atomic mass is 10.1. The minimum Gasteiger partial charge on any atom is -0.489 e. The highest BCUT2D eigenvalue weighted by atomic mass is 35.5. The highest BCUT2D eigenvalue weighted by Gasteiger charge is 2.12. The van der Waals surface area contributed by atoms with E-state index < -0.39 is 5.91 Å². The summed E-state index contributed by atoms with van der Waals surface area (Å²) in [6, 6.07) is 22.4. The molecule has 0 fully saturated rings. The minimum atomic E-state index is -0.434. The summed E-state index contributed by atoms with van der Waals surface area (Å²) >= 11 is 5.98. The summed E-state index contributed by atoms with van der Waals surface area (Å²) in [5.41, 5.74) is 4.36. The zero-order valence-electron chi connectivity index (χ0n) is 16.8. The molecule has 5 heteroatoms. The summed E-state index contributed by atoms with van der Waals surface area (Å²) in [7, 11) is 0. The molecule has 3 aromatic carbocycles. The molecule has 0 radical (unpaired) electrons. The zero-order valence-corrected chi connectivity index (χ0v) is 17.5. The first-order chi connectivity index (χ1) is 14.5. The van der Waals surface area contributed by atoms with Gasteiger partial charge in [0.2, 0.25) is 0 Å². The van der Waals surface area contributed by atoms with Crippen molar-refractivity contribution < 1.29 is 9.53 Å². The molecule has 0 unspecified atom stereocenters. The van der Waals surface area contributed by atoms with E-state index in [0.717, 1.165) is 27.9 Å². The molecule has 3 rings (SSSR count). The number of nitriles is 1. The molecule has 0 atom stereocenters. The van der Waals surface area contributed by atoms with Crippen molar-refractivity contribution in [3.05, 3.63) is 99.6 Å². The summed E-state index contributed by atoms with van der Waals surface area (Å²) < 4.78 is 5.76. The second-order valence-corrected chi connectivity index (χ2v) is 7.31. The molecule has 1 amide bonds. The Morgan fingerprint density at radius 3 is 2.37 bits per heavy atom. The lowest BCUT2D eigenvalue weighted by Gasteiger charge is -2.11. The summed E-state index contributed by atoms with van der Waals surface area (Å²) in [6.07, 6.45) is 1.56. The lowest BCUT2D eigenvalue weighted by molar-refractivity contribution is -0.112. The number of hydrogen-bond donors (Lipinski definition) is 1. The van der Waals surface area contributed by atoms with Crippen molar-refractivity contribution in [1.82, 2.24) is 0 Å². The van der Waals surface area contributed by atoms with Gasteiger partial charge >= 0.3 is 0 Å². The van der Waals surface area contributed by atoms with Crippen molar-refractivity contribution in [1.29, 1.82) is 5.26 Å². The first-order valence-corrected chi connectivity index (χ1v) is 9.81. The maximum absolute atomic E-state index is 12.6. The number of halogens is 1. The van der Waals surface area contributed by atoms with E-state index in [0.29, 0.717) is 17.4 Å². The molecule has 4 nitrogen and oxygen atoms in total. The van der Waals surface area contributed by atoms with Gasteiger partial charge in [0.05, 0.1) is 0 Å². The Morgan fingerprint density at radius 2 is 1.73 bits per heavy atom. The monoisotopic (exact) mass is 416 g/mol. The van der Waals surface area contributed by atoms with Crippen molar-refractivity contribution in [3.8, 4) is 11.8 Å². The second kappa shape index (κ2) is 9.78. The van der Waals surface area contributed by atoms with Crippen LogP contribution in [0.5, 0.6) is 5.75 Å². The van der Waals surface area contributed by atoms with Gasteiger partial charge in [-0.05, 0) is 66.4 Å². The molecule has 3 aromatic rings. The molecule has 0 spiro atoms. The van der Waals surface area contributed by atoms with Crippen LogP contribution in [-0.4, -0.2) is 5.91 Å². The summed E-state index contributed by atoms with van der Waals surface area (Å²) in [6.45, 7) is 4.23. The van der Waals surface area contributed by atoms with Crippen LogP contribution in [0.15, 0.2) is 72.3 Å². The third-order valence-electron chi connectivity index (χ3n) is 4.57. The fourth-order valence-electron chi connectivity index (χ4n) is 2.96. The predicted octanol–water partition coefficient (Wildman–Crippen LogP) is 6.08. The number of amides is 1.